The number of rotatable bonds is 5. The number of nitrogen functional groups attached to an aromatic ring is 1. The Balaban J connectivity index is 2.54. The van der Waals surface area contributed by atoms with E-state index >= 15 is 0 Å². The van der Waals surface area contributed by atoms with E-state index in [1.54, 1.807) is 0 Å². The molecule has 0 aromatic heterocycles. The Morgan fingerprint density at radius 1 is 1.47 bits per heavy atom. The summed E-state index contributed by atoms with van der Waals surface area (Å²) in [6.45, 7) is 5.19. The van der Waals surface area contributed by atoms with Crippen LogP contribution in [0.1, 0.15) is 18.9 Å². The lowest BCUT2D eigenvalue weighted by Crippen LogP contribution is -2.13. The summed E-state index contributed by atoms with van der Waals surface area (Å²) in [5.74, 6) is 0.454. The van der Waals surface area contributed by atoms with Crippen molar-refractivity contribution in [3.05, 3.63) is 23.8 Å². The molecule has 0 saturated heterocycles. The summed E-state index contributed by atoms with van der Waals surface area (Å²) in [5.41, 5.74) is 8.82. The van der Waals surface area contributed by atoms with Crippen molar-refractivity contribution in [2.24, 2.45) is 5.92 Å². The zero-order chi connectivity index (χ0) is 11.3. The van der Waals surface area contributed by atoms with Gasteiger partial charge in [-0.2, -0.15) is 0 Å². The summed E-state index contributed by atoms with van der Waals surface area (Å²) >= 11 is 0. The predicted octanol–water partition coefficient (Wildman–Crippen LogP) is 2.01. The maximum absolute atomic E-state index is 8.78. The Labute approximate surface area is 91.3 Å². The third-order valence-electron chi connectivity index (χ3n) is 2.59. The molecular formula is C12H20N2O. The maximum Gasteiger partial charge on any atom is 0.0579 e. The Bertz CT molecular complexity index is 312. The minimum atomic E-state index is 0.242. The molecule has 1 unspecified atom stereocenters. The van der Waals surface area contributed by atoms with Crippen LogP contribution in [0, 0.1) is 12.8 Å². The molecule has 3 heteroatoms. The minimum Gasteiger partial charge on any atom is -0.397 e. The summed E-state index contributed by atoms with van der Waals surface area (Å²) in [6.07, 6.45) is 0.818. The van der Waals surface area contributed by atoms with Gasteiger partial charge in [0.15, 0.2) is 0 Å². The van der Waals surface area contributed by atoms with E-state index in [2.05, 4.69) is 12.2 Å². The van der Waals surface area contributed by atoms with Crippen LogP contribution in [0.3, 0.4) is 0 Å². The summed E-state index contributed by atoms with van der Waals surface area (Å²) < 4.78 is 0. The number of aliphatic hydroxyl groups is 1. The number of aryl methyl sites for hydroxylation is 1. The summed E-state index contributed by atoms with van der Waals surface area (Å²) in [5, 5.41) is 12.1. The van der Waals surface area contributed by atoms with Crippen LogP contribution in [0.2, 0.25) is 0 Å². The van der Waals surface area contributed by atoms with E-state index in [9.17, 15) is 0 Å². The second-order valence-electron chi connectivity index (χ2n) is 4.03. The topological polar surface area (TPSA) is 58.3 Å². The monoisotopic (exact) mass is 208 g/mol. The van der Waals surface area contributed by atoms with E-state index in [1.807, 2.05) is 25.1 Å². The first kappa shape index (κ1) is 11.9. The van der Waals surface area contributed by atoms with E-state index in [1.165, 1.54) is 0 Å². The lowest BCUT2D eigenvalue weighted by atomic mass is 10.1. The van der Waals surface area contributed by atoms with Crippen LogP contribution in [0.5, 0.6) is 0 Å². The van der Waals surface area contributed by atoms with Crippen molar-refractivity contribution in [3.8, 4) is 0 Å². The molecule has 0 amide bonds. The van der Waals surface area contributed by atoms with Gasteiger partial charge in [0.25, 0.3) is 0 Å². The molecule has 4 N–H and O–H groups in total. The van der Waals surface area contributed by atoms with Gasteiger partial charge >= 0.3 is 0 Å². The molecule has 1 aromatic rings. The van der Waals surface area contributed by atoms with Crippen molar-refractivity contribution in [2.45, 2.75) is 20.3 Å². The smallest absolute Gasteiger partial charge is 0.0579 e. The lowest BCUT2D eigenvalue weighted by Gasteiger charge is -2.14. The summed E-state index contributed by atoms with van der Waals surface area (Å²) in [4.78, 5) is 0. The van der Waals surface area contributed by atoms with E-state index in [4.69, 9.17) is 10.8 Å². The normalized spacial score (nSPS) is 12.5. The van der Waals surface area contributed by atoms with Crippen molar-refractivity contribution in [2.75, 3.05) is 24.2 Å². The number of nitrogens with one attached hydrogen (secondary N) is 1. The van der Waals surface area contributed by atoms with Gasteiger partial charge in [0.05, 0.1) is 11.4 Å². The van der Waals surface area contributed by atoms with Gasteiger partial charge < -0.3 is 16.2 Å². The quantitative estimate of drug-likeness (QED) is 0.649. The van der Waals surface area contributed by atoms with Crippen LogP contribution in [-0.2, 0) is 0 Å². The Kier molecular flexibility index (Phi) is 4.43. The summed E-state index contributed by atoms with van der Waals surface area (Å²) in [6, 6.07) is 5.97. The first-order chi connectivity index (χ1) is 7.15. The molecule has 1 atom stereocenters. The molecule has 15 heavy (non-hydrogen) atoms. The molecule has 0 aliphatic carbocycles. The van der Waals surface area contributed by atoms with Crippen LogP contribution in [0.4, 0.5) is 11.4 Å². The van der Waals surface area contributed by atoms with Crippen molar-refractivity contribution in [1.29, 1.82) is 0 Å². The Morgan fingerprint density at radius 3 is 2.87 bits per heavy atom. The molecule has 84 valence electrons. The highest BCUT2D eigenvalue weighted by molar-refractivity contribution is 5.69. The first-order valence-electron chi connectivity index (χ1n) is 5.35. The molecular weight excluding hydrogens is 188 g/mol. The molecule has 0 aliphatic rings. The van der Waals surface area contributed by atoms with Crippen molar-refractivity contribution < 1.29 is 5.11 Å². The molecule has 0 saturated carbocycles. The van der Waals surface area contributed by atoms with Crippen molar-refractivity contribution in [3.63, 3.8) is 0 Å². The Morgan fingerprint density at radius 2 is 2.20 bits per heavy atom. The number of nitrogens with two attached hydrogens (primary N) is 1. The number of aliphatic hydroxyl groups excluding tert-OH is 1. The fourth-order valence-corrected chi connectivity index (χ4v) is 1.44. The van der Waals surface area contributed by atoms with E-state index < -0.39 is 0 Å². The van der Waals surface area contributed by atoms with E-state index in [0.29, 0.717) is 5.92 Å². The number of anilines is 2. The molecule has 0 radical (unpaired) electrons. The number of benzene rings is 1. The van der Waals surface area contributed by atoms with Crippen LogP contribution < -0.4 is 11.1 Å². The number of hydrogen-bond donors (Lipinski definition) is 3. The van der Waals surface area contributed by atoms with Gasteiger partial charge in [0.1, 0.15) is 0 Å². The molecule has 0 bridgehead atoms. The molecule has 0 aliphatic heterocycles. The fourth-order valence-electron chi connectivity index (χ4n) is 1.44. The third kappa shape index (κ3) is 3.44. The van der Waals surface area contributed by atoms with E-state index in [0.717, 1.165) is 29.9 Å². The molecule has 0 fully saturated rings. The van der Waals surface area contributed by atoms with Gasteiger partial charge in [-0.05, 0) is 30.9 Å². The summed E-state index contributed by atoms with van der Waals surface area (Å²) in [7, 11) is 0. The average molecular weight is 208 g/mol. The predicted molar refractivity (Wildman–Crippen MR) is 64.9 cm³/mol. The highest BCUT2D eigenvalue weighted by Crippen LogP contribution is 2.22. The maximum atomic E-state index is 8.78. The molecule has 3 nitrogen and oxygen atoms in total. The molecule has 1 aromatic carbocycles. The SMILES string of the molecule is Cc1cccc(NCC(C)CCO)c1N. The van der Waals surface area contributed by atoms with Crippen LogP contribution in [0.15, 0.2) is 18.2 Å². The molecule has 1 rings (SSSR count). The van der Waals surface area contributed by atoms with Gasteiger partial charge in [0.2, 0.25) is 0 Å². The highest BCUT2D eigenvalue weighted by atomic mass is 16.3. The Hall–Kier alpha value is -1.22. The van der Waals surface area contributed by atoms with E-state index in [-0.39, 0.29) is 6.61 Å². The van der Waals surface area contributed by atoms with Crippen LogP contribution in [-0.4, -0.2) is 18.3 Å². The van der Waals surface area contributed by atoms with Crippen molar-refractivity contribution >= 4 is 11.4 Å². The lowest BCUT2D eigenvalue weighted by molar-refractivity contribution is 0.266. The second kappa shape index (κ2) is 5.61. The zero-order valence-corrected chi connectivity index (χ0v) is 9.46. The van der Waals surface area contributed by atoms with Crippen molar-refractivity contribution in [1.82, 2.24) is 0 Å². The zero-order valence-electron chi connectivity index (χ0n) is 9.46. The molecule has 0 heterocycles. The third-order valence-corrected chi connectivity index (χ3v) is 2.59. The second-order valence-corrected chi connectivity index (χ2v) is 4.03. The first-order valence-corrected chi connectivity index (χ1v) is 5.35. The fraction of sp³-hybridized carbons (Fsp3) is 0.500. The number of para-hydroxylation sites is 1. The average Bonchev–Trinajstić information content (AvgIpc) is 2.21. The van der Waals surface area contributed by atoms with Crippen LogP contribution >= 0.6 is 0 Å². The largest absolute Gasteiger partial charge is 0.397 e. The standard InChI is InChI=1S/C12H20N2O/c1-9(6-7-15)8-14-11-5-3-4-10(2)12(11)13/h3-5,9,14-15H,6-8,13H2,1-2H3. The highest BCUT2D eigenvalue weighted by Gasteiger charge is 2.04. The van der Waals surface area contributed by atoms with Crippen LogP contribution in [0.25, 0.3) is 0 Å². The van der Waals surface area contributed by atoms with Gasteiger partial charge in [0, 0.05) is 13.2 Å². The minimum absolute atomic E-state index is 0.242. The van der Waals surface area contributed by atoms with Gasteiger partial charge in [-0.25, -0.2) is 0 Å². The van der Waals surface area contributed by atoms with Gasteiger partial charge in [-0.15, -0.1) is 0 Å². The van der Waals surface area contributed by atoms with Gasteiger partial charge in [-0.3, -0.25) is 0 Å². The van der Waals surface area contributed by atoms with Gasteiger partial charge in [-0.1, -0.05) is 19.1 Å². The number of hydrogen-bond acceptors (Lipinski definition) is 3. The molecule has 0 spiro atoms.